The van der Waals surface area contributed by atoms with Crippen LogP contribution in [0.1, 0.15) is 17.5 Å². The van der Waals surface area contributed by atoms with Gasteiger partial charge in [0.05, 0.1) is 19.1 Å². The summed E-state index contributed by atoms with van der Waals surface area (Å²) in [6, 6.07) is 1.65. The van der Waals surface area contributed by atoms with Crippen LogP contribution in [-0.4, -0.2) is 24.9 Å². The Bertz CT molecular complexity index is 524. The second kappa shape index (κ2) is 4.64. The molecule has 96 valence electrons. The molecule has 0 aliphatic heterocycles. The van der Waals surface area contributed by atoms with Gasteiger partial charge in [0.2, 0.25) is 5.75 Å². The average Bonchev–Trinajstić information content (AvgIpc) is 2.35. The van der Waals surface area contributed by atoms with Crippen molar-refractivity contribution < 1.29 is 19.2 Å². The minimum Gasteiger partial charge on any atom is -0.493 e. The van der Waals surface area contributed by atoms with E-state index in [0.29, 0.717) is 24.0 Å². The van der Waals surface area contributed by atoms with Gasteiger partial charge in [-0.3, -0.25) is 14.9 Å². The number of ether oxygens (including phenoxy) is 2. The third kappa shape index (κ3) is 1.90. The molecule has 0 spiro atoms. The van der Waals surface area contributed by atoms with Crippen LogP contribution < -0.4 is 9.47 Å². The van der Waals surface area contributed by atoms with Crippen LogP contribution in [0.15, 0.2) is 6.07 Å². The summed E-state index contributed by atoms with van der Waals surface area (Å²) in [5.74, 6) is 0.497. The molecule has 2 rings (SSSR count). The molecule has 0 unspecified atom stereocenters. The van der Waals surface area contributed by atoms with Crippen molar-refractivity contribution in [3.63, 3.8) is 0 Å². The molecule has 0 heterocycles. The van der Waals surface area contributed by atoms with Crippen LogP contribution in [0.3, 0.4) is 0 Å². The molecule has 6 heteroatoms. The highest BCUT2D eigenvalue weighted by molar-refractivity contribution is 5.85. The third-order valence-corrected chi connectivity index (χ3v) is 3.07. The largest absolute Gasteiger partial charge is 0.493 e. The molecule has 0 bridgehead atoms. The van der Waals surface area contributed by atoms with E-state index in [-0.39, 0.29) is 29.4 Å². The molecule has 6 nitrogen and oxygen atoms in total. The summed E-state index contributed by atoms with van der Waals surface area (Å²) >= 11 is 0. The second-order valence-corrected chi connectivity index (χ2v) is 4.07. The van der Waals surface area contributed by atoms with E-state index in [9.17, 15) is 14.9 Å². The molecule has 1 aromatic carbocycles. The number of nitro benzene ring substituents is 1. The Hall–Kier alpha value is -2.11. The Labute approximate surface area is 104 Å². The number of benzene rings is 1. The smallest absolute Gasteiger partial charge is 0.318 e. The fourth-order valence-electron chi connectivity index (χ4n) is 2.26. The monoisotopic (exact) mass is 251 g/mol. The van der Waals surface area contributed by atoms with Gasteiger partial charge in [-0.2, -0.15) is 0 Å². The predicted octanol–water partition coefficient (Wildman–Crippen LogP) is 1.67. The number of carbonyl (C=O) groups excluding carboxylic acids is 1. The average molecular weight is 251 g/mol. The molecule has 0 radical (unpaired) electrons. The number of ketones is 1. The van der Waals surface area contributed by atoms with Gasteiger partial charge in [0, 0.05) is 18.4 Å². The molecule has 0 saturated heterocycles. The van der Waals surface area contributed by atoms with Gasteiger partial charge in [-0.15, -0.1) is 0 Å². The highest BCUT2D eigenvalue weighted by Gasteiger charge is 2.31. The number of nitrogens with zero attached hydrogens (tertiary/aromatic N) is 1. The number of hydrogen-bond acceptors (Lipinski definition) is 5. The van der Waals surface area contributed by atoms with E-state index < -0.39 is 4.92 Å². The van der Waals surface area contributed by atoms with Gasteiger partial charge < -0.3 is 9.47 Å². The first-order valence-electron chi connectivity index (χ1n) is 5.51. The van der Waals surface area contributed by atoms with E-state index >= 15 is 0 Å². The minimum atomic E-state index is -0.476. The molecule has 0 atom stereocenters. The molecule has 0 saturated carbocycles. The summed E-state index contributed by atoms with van der Waals surface area (Å²) in [4.78, 5) is 22.1. The van der Waals surface area contributed by atoms with E-state index in [4.69, 9.17) is 9.47 Å². The summed E-state index contributed by atoms with van der Waals surface area (Å²) in [5, 5.41) is 11.2. The molecule has 0 fully saturated rings. The maximum Gasteiger partial charge on any atom is 0.318 e. The summed E-state index contributed by atoms with van der Waals surface area (Å²) in [6.45, 7) is 0. The lowest BCUT2D eigenvalue weighted by atomic mass is 9.89. The normalized spacial score (nSPS) is 14.0. The van der Waals surface area contributed by atoms with Crippen molar-refractivity contribution in [3.05, 3.63) is 27.3 Å². The SMILES string of the molecule is COc1cc2c(c([N+](=O)[O-])c1OC)CCC(=O)C2. The van der Waals surface area contributed by atoms with Crippen molar-refractivity contribution >= 4 is 11.5 Å². The molecule has 1 aliphatic rings. The van der Waals surface area contributed by atoms with Crippen LogP contribution in [0, 0.1) is 10.1 Å². The molecule has 0 amide bonds. The number of nitro groups is 1. The number of methoxy groups -OCH3 is 2. The van der Waals surface area contributed by atoms with Crippen LogP contribution in [0.2, 0.25) is 0 Å². The van der Waals surface area contributed by atoms with Gasteiger partial charge in [0.1, 0.15) is 5.78 Å². The topological polar surface area (TPSA) is 78.7 Å². The van der Waals surface area contributed by atoms with Gasteiger partial charge in [-0.05, 0) is 18.1 Å². The summed E-state index contributed by atoms with van der Waals surface area (Å²) in [7, 11) is 2.78. The lowest BCUT2D eigenvalue weighted by Gasteiger charge is -2.18. The van der Waals surface area contributed by atoms with E-state index in [2.05, 4.69) is 0 Å². The summed E-state index contributed by atoms with van der Waals surface area (Å²) < 4.78 is 10.2. The van der Waals surface area contributed by atoms with Crippen molar-refractivity contribution in [2.24, 2.45) is 0 Å². The maximum absolute atomic E-state index is 11.4. The Balaban J connectivity index is 2.70. The Kier molecular flexibility index (Phi) is 3.18. The number of fused-ring (bicyclic) bond motifs is 1. The van der Waals surface area contributed by atoms with Crippen molar-refractivity contribution in [3.8, 4) is 11.5 Å². The van der Waals surface area contributed by atoms with Crippen LogP contribution >= 0.6 is 0 Å². The number of hydrogen-bond donors (Lipinski definition) is 0. The molecule has 1 aromatic rings. The Morgan fingerprint density at radius 1 is 1.28 bits per heavy atom. The van der Waals surface area contributed by atoms with E-state index in [1.807, 2.05) is 0 Å². The van der Waals surface area contributed by atoms with Crippen molar-refractivity contribution in [1.29, 1.82) is 0 Å². The highest BCUT2D eigenvalue weighted by Crippen LogP contribution is 2.43. The molecule has 0 N–H and O–H groups in total. The van der Waals surface area contributed by atoms with Gasteiger partial charge in [-0.1, -0.05) is 0 Å². The van der Waals surface area contributed by atoms with Gasteiger partial charge in [0.15, 0.2) is 5.75 Å². The Morgan fingerprint density at radius 2 is 2.00 bits per heavy atom. The fraction of sp³-hybridized carbons (Fsp3) is 0.417. The first-order valence-corrected chi connectivity index (χ1v) is 5.51. The van der Waals surface area contributed by atoms with E-state index in [1.165, 1.54) is 14.2 Å². The number of carbonyl (C=O) groups is 1. The molecule has 1 aliphatic carbocycles. The molecular weight excluding hydrogens is 238 g/mol. The first kappa shape index (κ1) is 12.3. The lowest BCUT2D eigenvalue weighted by Crippen LogP contribution is -2.16. The molecular formula is C12H13NO5. The van der Waals surface area contributed by atoms with E-state index in [0.717, 1.165) is 0 Å². The summed E-state index contributed by atoms with van der Waals surface area (Å²) in [5.41, 5.74) is 1.16. The third-order valence-electron chi connectivity index (χ3n) is 3.07. The molecule has 0 aromatic heterocycles. The standard InChI is InChI=1S/C12H13NO5/c1-17-10-6-7-5-8(14)3-4-9(7)11(13(15)16)12(10)18-2/h6H,3-5H2,1-2H3. The first-order chi connectivity index (χ1) is 8.58. The van der Waals surface area contributed by atoms with Crippen molar-refractivity contribution in [1.82, 2.24) is 0 Å². The molecule has 18 heavy (non-hydrogen) atoms. The Morgan fingerprint density at radius 3 is 2.56 bits per heavy atom. The van der Waals surface area contributed by atoms with Crippen LogP contribution in [0.4, 0.5) is 5.69 Å². The summed E-state index contributed by atoms with van der Waals surface area (Å²) in [6.07, 6.45) is 0.935. The minimum absolute atomic E-state index is 0.0839. The fourth-order valence-corrected chi connectivity index (χ4v) is 2.26. The number of rotatable bonds is 3. The number of Topliss-reactive ketones (excluding diaryl/α,β-unsaturated/α-hetero) is 1. The maximum atomic E-state index is 11.4. The second-order valence-electron chi connectivity index (χ2n) is 4.07. The quantitative estimate of drug-likeness (QED) is 0.603. The lowest BCUT2D eigenvalue weighted by molar-refractivity contribution is -0.386. The predicted molar refractivity (Wildman–Crippen MR) is 63.2 cm³/mol. The zero-order chi connectivity index (χ0) is 13.3. The van der Waals surface area contributed by atoms with Crippen molar-refractivity contribution in [2.45, 2.75) is 19.3 Å². The highest BCUT2D eigenvalue weighted by atomic mass is 16.6. The van der Waals surface area contributed by atoms with Gasteiger partial charge in [0.25, 0.3) is 0 Å². The van der Waals surface area contributed by atoms with E-state index in [1.54, 1.807) is 6.07 Å². The van der Waals surface area contributed by atoms with Crippen LogP contribution in [0.5, 0.6) is 11.5 Å². The van der Waals surface area contributed by atoms with Crippen LogP contribution in [0.25, 0.3) is 0 Å². The zero-order valence-electron chi connectivity index (χ0n) is 10.2. The zero-order valence-corrected chi connectivity index (χ0v) is 10.2. The van der Waals surface area contributed by atoms with Crippen molar-refractivity contribution in [2.75, 3.05) is 14.2 Å². The van der Waals surface area contributed by atoms with Gasteiger partial charge in [-0.25, -0.2) is 0 Å². The van der Waals surface area contributed by atoms with Crippen LogP contribution in [-0.2, 0) is 17.6 Å². The van der Waals surface area contributed by atoms with Gasteiger partial charge >= 0.3 is 5.69 Å².